The Morgan fingerprint density at radius 1 is 1.24 bits per heavy atom. The number of rotatable bonds is 5. The van der Waals surface area contributed by atoms with Crippen LogP contribution in [0.2, 0.25) is 0 Å². The molecular weight excluding hydrogens is 343 g/mol. The molecule has 1 aromatic carbocycles. The number of carbonyl (C=O) groups is 2. The molecule has 0 unspecified atom stereocenters. The number of aromatic nitrogens is 4. The zero-order valence-corrected chi connectivity index (χ0v) is 13.0. The average molecular weight is 357 g/mol. The van der Waals surface area contributed by atoms with Crippen molar-refractivity contribution < 1.29 is 22.8 Å². The standard InChI is InChI=1S/C13H14F3N7O2/c1-23-11(20-21-22-23)8-3-2-4-9(5-8)19-12(25)17-6-10(24)18-7-13(14,15)16/h2-5H,6-7H2,1H3,(H,18,24)(H2,17,19,25). The van der Waals surface area contributed by atoms with Gasteiger partial charge in [0.1, 0.15) is 6.54 Å². The number of nitrogens with one attached hydrogen (secondary N) is 3. The summed E-state index contributed by atoms with van der Waals surface area (Å²) in [6.45, 7) is -2.04. The molecule has 1 heterocycles. The molecule has 0 saturated heterocycles. The maximum Gasteiger partial charge on any atom is 0.405 e. The van der Waals surface area contributed by atoms with E-state index < -0.39 is 31.2 Å². The Balaban J connectivity index is 1.87. The smallest absolute Gasteiger partial charge is 0.345 e. The summed E-state index contributed by atoms with van der Waals surface area (Å²) in [4.78, 5) is 22.9. The number of nitrogens with zero attached hydrogens (tertiary/aromatic N) is 4. The minimum atomic E-state index is -4.51. The van der Waals surface area contributed by atoms with E-state index >= 15 is 0 Å². The number of carbonyl (C=O) groups excluding carboxylic acids is 2. The quantitative estimate of drug-likeness (QED) is 0.728. The Hall–Kier alpha value is -3.18. The Morgan fingerprint density at radius 3 is 2.64 bits per heavy atom. The third-order valence-corrected chi connectivity index (χ3v) is 2.89. The maximum absolute atomic E-state index is 12.0. The molecule has 1 aromatic heterocycles. The van der Waals surface area contributed by atoms with Crippen molar-refractivity contribution in [1.29, 1.82) is 0 Å². The van der Waals surface area contributed by atoms with Crippen molar-refractivity contribution in [2.75, 3.05) is 18.4 Å². The normalized spacial score (nSPS) is 11.0. The molecule has 0 atom stereocenters. The molecule has 0 radical (unpaired) electrons. The highest BCUT2D eigenvalue weighted by atomic mass is 19.4. The van der Waals surface area contributed by atoms with E-state index in [-0.39, 0.29) is 0 Å². The molecule has 0 bridgehead atoms. The molecule has 0 spiro atoms. The molecule has 0 fully saturated rings. The zero-order valence-electron chi connectivity index (χ0n) is 13.0. The predicted molar refractivity (Wildman–Crippen MR) is 80.3 cm³/mol. The van der Waals surface area contributed by atoms with Crippen molar-refractivity contribution in [1.82, 2.24) is 30.8 Å². The highest BCUT2D eigenvalue weighted by Crippen LogP contribution is 2.19. The Bertz CT molecular complexity index is 760. The molecule has 0 saturated carbocycles. The number of alkyl halides is 3. The fourth-order valence-electron chi connectivity index (χ4n) is 1.81. The number of anilines is 1. The van der Waals surface area contributed by atoms with Gasteiger partial charge in [0.05, 0.1) is 6.54 Å². The first-order chi connectivity index (χ1) is 11.7. The summed E-state index contributed by atoms with van der Waals surface area (Å²) >= 11 is 0. The van der Waals surface area contributed by atoms with Crippen LogP contribution in [0.25, 0.3) is 11.4 Å². The number of hydrogen-bond donors (Lipinski definition) is 3. The molecule has 2 rings (SSSR count). The van der Waals surface area contributed by atoms with Gasteiger partial charge in [0.2, 0.25) is 5.91 Å². The van der Waals surface area contributed by atoms with Gasteiger partial charge < -0.3 is 16.0 Å². The van der Waals surface area contributed by atoms with Crippen LogP contribution < -0.4 is 16.0 Å². The molecule has 25 heavy (non-hydrogen) atoms. The van der Waals surface area contributed by atoms with Gasteiger partial charge in [0, 0.05) is 18.3 Å². The van der Waals surface area contributed by atoms with E-state index in [4.69, 9.17) is 0 Å². The van der Waals surface area contributed by atoms with Crippen molar-refractivity contribution in [2.24, 2.45) is 7.05 Å². The van der Waals surface area contributed by atoms with E-state index in [2.05, 4.69) is 26.2 Å². The molecule has 2 aromatic rings. The van der Waals surface area contributed by atoms with Crippen LogP contribution in [-0.2, 0) is 11.8 Å². The number of tetrazole rings is 1. The van der Waals surface area contributed by atoms with Gasteiger partial charge >= 0.3 is 12.2 Å². The average Bonchev–Trinajstić information content (AvgIpc) is 2.96. The summed E-state index contributed by atoms with van der Waals surface area (Å²) < 4.78 is 37.3. The van der Waals surface area contributed by atoms with Gasteiger partial charge in [0.15, 0.2) is 5.82 Å². The Kier molecular flexibility index (Phi) is 5.52. The second kappa shape index (κ2) is 7.59. The Morgan fingerprint density at radius 2 is 2.00 bits per heavy atom. The van der Waals surface area contributed by atoms with E-state index in [1.807, 2.05) is 0 Å². The van der Waals surface area contributed by atoms with Gasteiger partial charge in [-0.2, -0.15) is 13.2 Å². The largest absolute Gasteiger partial charge is 0.405 e. The lowest BCUT2D eigenvalue weighted by atomic mass is 10.2. The molecule has 134 valence electrons. The summed E-state index contributed by atoms with van der Waals surface area (Å²) in [7, 11) is 1.65. The van der Waals surface area contributed by atoms with Crippen molar-refractivity contribution in [3.63, 3.8) is 0 Å². The van der Waals surface area contributed by atoms with E-state index in [9.17, 15) is 22.8 Å². The summed E-state index contributed by atoms with van der Waals surface area (Å²) in [6, 6.07) is 5.86. The van der Waals surface area contributed by atoms with E-state index in [0.717, 1.165) is 0 Å². The van der Waals surface area contributed by atoms with Crippen LogP contribution in [0.4, 0.5) is 23.7 Å². The molecule has 0 aliphatic heterocycles. The first kappa shape index (κ1) is 18.2. The number of amides is 3. The first-order valence-electron chi connectivity index (χ1n) is 6.96. The minimum Gasteiger partial charge on any atom is -0.345 e. The molecule has 0 aliphatic rings. The minimum absolute atomic E-state index is 0.397. The fourth-order valence-corrected chi connectivity index (χ4v) is 1.81. The number of aryl methyl sites for hydroxylation is 1. The zero-order chi connectivity index (χ0) is 18.4. The van der Waals surface area contributed by atoms with Crippen molar-refractivity contribution in [2.45, 2.75) is 6.18 Å². The second-order valence-corrected chi connectivity index (χ2v) is 4.91. The lowest BCUT2D eigenvalue weighted by Crippen LogP contribution is -2.42. The Labute approximate surface area is 139 Å². The summed E-state index contributed by atoms with van der Waals surface area (Å²) in [5.74, 6) is -0.470. The van der Waals surface area contributed by atoms with E-state index in [1.54, 1.807) is 36.6 Å². The lowest BCUT2D eigenvalue weighted by Gasteiger charge is -2.10. The van der Waals surface area contributed by atoms with Crippen LogP contribution in [0.5, 0.6) is 0 Å². The third-order valence-electron chi connectivity index (χ3n) is 2.89. The van der Waals surface area contributed by atoms with E-state index in [1.165, 1.54) is 4.68 Å². The van der Waals surface area contributed by atoms with Gasteiger partial charge in [0.25, 0.3) is 0 Å². The molecule has 3 N–H and O–H groups in total. The summed E-state index contributed by atoms with van der Waals surface area (Å²) in [5.41, 5.74) is 1.04. The molecule has 3 amide bonds. The molecular formula is C13H14F3N7O2. The van der Waals surface area contributed by atoms with Crippen LogP contribution in [-0.4, -0.2) is 51.4 Å². The monoisotopic (exact) mass is 357 g/mol. The SMILES string of the molecule is Cn1nnnc1-c1cccc(NC(=O)NCC(=O)NCC(F)(F)F)c1. The van der Waals surface area contributed by atoms with Gasteiger partial charge in [-0.3, -0.25) is 4.79 Å². The number of urea groups is 1. The number of benzene rings is 1. The third kappa shape index (κ3) is 5.75. The number of halogens is 3. The topological polar surface area (TPSA) is 114 Å². The number of hydrogen-bond acceptors (Lipinski definition) is 5. The molecule has 9 nitrogen and oxygen atoms in total. The van der Waals surface area contributed by atoms with Crippen LogP contribution in [0, 0.1) is 0 Å². The van der Waals surface area contributed by atoms with Crippen LogP contribution in [0.1, 0.15) is 0 Å². The first-order valence-corrected chi connectivity index (χ1v) is 6.96. The van der Waals surface area contributed by atoms with Crippen molar-refractivity contribution in [3.05, 3.63) is 24.3 Å². The van der Waals surface area contributed by atoms with Crippen LogP contribution in [0.15, 0.2) is 24.3 Å². The molecule has 0 aliphatic carbocycles. The van der Waals surface area contributed by atoms with Gasteiger partial charge in [-0.05, 0) is 22.6 Å². The van der Waals surface area contributed by atoms with E-state index in [0.29, 0.717) is 17.1 Å². The lowest BCUT2D eigenvalue weighted by molar-refractivity contribution is -0.137. The summed E-state index contributed by atoms with van der Waals surface area (Å²) in [6.07, 6.45) is -4.51. The predicted octanol–water partition coefficient (Wildman–Crippen LogP) is 0.677. The highest BCUT2D eigenvalue weighted by molar-refractivity contribution is 5.92. The summed E-state index contributed by atoms with van der Waals surface area (Å²) in [5, 5.41) is 17.3. The van der Waals surface area contributed by atoms with Gasteiger partial charge in [-0.15, -0.1) is 5.10 Å². The van der Waals surface area contributed by atoms with Crippen LogP contribution in [0.3, 0.4) is 0 Å². The highest BCUT2D eigenvalue weighted by Gasteiger charge is 2.27. The fraction of sp³-hybridized carbons (Fsp3) is 0.308. The van der Waals surface area contributed by atoms with Crippen LogP contribution >= 0.6 is 0 Å². The molecule has 12 heteroatoms. The second-order valence-electron chi connectivity index (χ2n) is 4.91. The van der Waals surface area contributed by atoms with Crippen molar-refractivity contribution in [3.8, 4) is 11.4 Å². The maximum atomic E-state index is 12.0. The van der Waals surface area contributed by atoms with Gasteiger partial charge in [-0.25, -0.2) is 9.48 Å². The van der Waals surface area contributed by atoms with Gasteiger partial charge in [-0.1, -0.05) is 12.1 Å². The van der Waals surface area contributed by atoms with Crippen molar-refractivity contribution >= 4 is 17.6 Å².